The van der Waals surface area contributed by atoms with Gasteiger partial charge in [0.1, 0.15) is 23.4 Å². The van der Waals surface area contributed by atoms with Crippen molar-refractivity contribution in [2.45, 2.75) is 102 Å². The van der Waals surface area contributed by atoms with Gasteiger partial charge in [-0.1, -0.05) is 37.5 Å². The number of nitrogens with zero attached hydrogens (tertiary/aromatic N) is 1. The maximum atomic E-state index is 13.5. The van der Waals surface area contributed by atoms with Gasteiger partial charge in [0, 0.05) is 17.6 Å². The molecule has 0 aliphatic heterocycles. The van der Waals surface area contributed by atoms with Gasteiger partial charge in [0.25, 0.3) is 0 Å². The van der Waals surface area contributed by atoms with Crippen molar-refractivity contribution in [3.63, 3.8) is 0 Å². The molecule has 33 heavy (non-hydrogen) atoms. The van der Waals surface area contributed by atoms with Crippen molar-refractivity contribution in [3.8, 4) is 5.75 Å². The minimum atomic E-state index is -0.976. The fourth-order valence-electron chi connectivity index (χ4n) is 4.30. The molecule has 182 valence electrons. The summed E-state index contributed by atoms with van der Waals surface area (Å²) in [4.78, 5) is 40.9. The Morgan fingerprint density at radius 3 is 2.27 bits per heavy atom. The smallest absolute Gasteiger partial charge is 0.408 e. The Hall–Kier alpha value is -2.77. The number of para-hydroxylation sites is 1. The fraction of sp³-hybridized carbons (Fsp3) is 0.640. The summed E-state index contributed by atoms with van der Waals surface area (Å²) in [5.41, 5.74) is -0.308. The zero-order valence-electron chi connectivity index (χ0n) is 20.1. The van der Waals surface area contributed by atoms with Gasteiger partial charge in [0.2, 0.25) is 11.8 Å². The van der Waals surface area contributed by atoms with Crippen LogP contribution in [0.25, 0.3) is 0 Å². The lowest BCUT2D eigenvalue weighted by Crippen LogP contribution is -2.53. The number of phenols is 1. The molecule has 0 radical (unpaired) electrons. The zero-order chi connectivity index (χ0) is 24.2. The summed E-state index contributed by atoms with van der Waals surface area (Å²) in [6.07, 6.45) is 5.96. The molecule has 8 nitrogen and oxygen atoms in total. The van der Waals surface area contributed by atoms with Crippen LogP contribution in [0, 0.1) is 0 Å². The number of hydrogen-bond donors (Lipinski definition) is 3. The van der Waals surface area contributed by atoms with E-state index in [1.807, 2.05) is 0 Å². The van der Waals surface area contributed by atoms with Crippen LogP contribution in [0.15, 0.2) is 24.3 Å². The molecule has 0 bridgehead atoms. The average molecular weight is 460 g/mol. The molecule has 2 fully saturated rings. The van der Waals surface area contributed by atoms with Crippen molar-refractivity contribution in [3.05, 3.63) is 29.8 Å². The van der Waals surface area contributed by atoms with Crippen molar-refractivity contribution < 1.29 is 24.2 Å². The first-order valence-corrected chi connectivity index (χ1v) is 12.0. The molecule has 0 aromatic heterocycles. The number of amides is 3. The highest BCUT2D eigenvalue weighted by atomic mass is 16.6. The van der Waals surface area contributed by atoms with Crippen LogP contribution in [-0.2, 0) is 14.3 Å². The van der Waals surface area contributed by atoms with E-state index in [1.54, 1.807) is 45.9 Å². The van der Waals surface area contributed by atoms with E-state index in [1.165, 1.54) is 11.0 Å². The number of carbonyl (C=O) groups excluding carboxylic acids is 3. The molecule has 0 saturated heterocycles. The van der Waals surface area contributed by atoms with Crippen molar-refractivity contribution in [1.82, 2.24) is 15.5 Å². The van der Waals surface area contributed by atoms with E-state index in [-0.39, 0.29) is 29.6 Å². The lowest BCUT2D eigenvalue weighted by Gasteiger charge is -2.35. The largest absolute Gasteiger partial charge is 0.508 e. The van der Waals surface area contributed by atoms with Crippen molar-refractivity contribution in [2.75, 3.05) is 0 Å². The van der Waals surface area contributed by atoms with Crippen LogP contribution in [0.3, 0.4) is 0 Å². The lowest BCUT2D eigenvalue weighted by molar-refractivity contribution is -0.143. The summed E-state index contributed by atoms with van der Waals surface area (Å²) in [5.74, 6) is -0.712. The summed E-state index contributed by atoms with van der Waals surface area (Å²) in [5, 5.41) is 16.3. The maximum absolute atomic E-state index is 13.5. The van der Waals surface area contributed by atoms with Gasteiger partial charge in [0.15, 0.2) is 0 Å². The van der Waals surface area contributed by atoms with Gasteiger partial charge in [0.05, 0.1) is 0 Å². The maximum Gasteiger partial charge on any atom is 0.408 e. The Morgan fingerprint density at radius 1 is 1.06 bits per heavy atom. The van der Waals surface area contributed by atoms with Crippen LogP contribution in [0.1, 0.15) is 84.2 Å². The van der Waals surface area contributed by atoms with E-state index in [0.717, 1.165) is 44.9 Å². The molecule has 2 aliphatic rings. The first-order valence-electron chi connectivity index (χ1n) is 12.0. The number of carbonyl (C=O) groups is 3. The van der Waals surface area contributed by atoms with E-state index in [2.05, 4.69) is 10.6 Å². The summed E-state index contributed by atoms with van der Waals surface area (Å²) < 4.78 is 5.29. The summed E-state index contributed by atoms with van der Waals surface area (Å²) in [6, 6.07) is 4.70. The molecule has 0 spiro atoms. The molecule has 3 rings (SSSR count). The Bertz CT molecular complexity index is 856. The van der Waals surface area contributed by atoms with Gasteiger partial charge in [-0.25, -0.2) is 4.79 Å². The van der Waals surface area contributed by atoms with E-state index < -0.39 is 23.8 Å². The molecule has 2 aliphatic carbocycles. The first-order chi connectivity index (χ1) is 15.6. The quantitative estimate of drug-likeness (QED) is 0.575. The second kappa shape index (κ2) is 10.4. The minimum Gasteiger partial charge on any atom is -0.508 e. The number of phenolic OH excluding ortho intramolecular Hbond substituents is 1. The number of benzene rings is 1. The summed E-state index contributed by atoms with van der Waals surface area (Å²) in [7, 11) is 0. The van der Waals surface area contributed by atoms with Gasteiger partial charge in [-0.15, -0.1) is 0 Å². The Labute approximate surface area is 196 Å². The second-order valence-electron chi connectivity index (χ2n) is 10.1. The highest BCUT2D eigenvalue weighted by Crippen LogP contribution is 2.38. The van der Waals surface area contributed by atoms with E-state index >= 15 is 0 Å². The third kappa shape index (κ3) is 6.85. The average Bonchev–Trinajstić information content (AvgIpc) is 3.56. The van der Waals surface area contributed by atoms with Crippen LogP contribution >= 0.6 is 0 Å². The van der Waals surface area contributed by atoms with E-state index in [4.69, 9.17) is 4.74 Å². The molecular formula is C25H37N3O5. The fourth-order valence-corrected chi connectivity index (χ4v) is 4.30. The van der Waals surface area contributed by atoms with E-state index in [9.17, 15) is 19.5 Å². The van der Waals surface area contributed by atoms with Crippen molar-refractivity contribution in [2.24, 2.45) is 0 Å². The third-order valence-electron chi connectivity index (χ3n) is 6.01. The molecule has 2 saturated carbocycles. The van der Waals surface area contributed by atoms with Crippen LogP contribution < -0.4 is 10.6 Å². The predicted molar refractivity (Wildman–Crippen MR) is 125 cm³/mol. The molecule has 1 aromatic rings. The lowest BCUT2D eigenvalue weighted by atomic mass is 9.94. The van der Waals surface area contributed by atoms with E-state index in [0.29, 0.717) is 5.56 Å². The third-order valence-corrected chi connectivity index (χ3v) is 6.01. The molecule has 3 N–H and O–H groups in total. The summed E-state index contributed by atoms with van der Waals surface area (Å²) in [6.45, 7) is 6.83. The molecule has 3 amide bonds. The molecule has 1 aromatic carbocycles. The second-order valence-corrected chi connectivity index (χ2v) is 10.1. The monoisotopic (exact) mass is 459 g/mol. The Morgan fingerprint density at radius 2 is 1.70 bits per heavy atom. The normalized spacial score (nSPS) is 18.7. The van der Waals surface area contributed by atoms with Crippen LogP contribution in [-0.4, -0.2) is 51.6 Å². The standard InChI is InChI=1S/C25H37N3O5/c1-16(26-24(32)33-25(2,3)4)23(31)28(18-14-15-18)21(19-12-8-9-13-20(19)29)22(30)27-17-10-6-5-7-11-17/h8-9,12-13,16-18,21,29H,5-7,10-11,14-15H2,1-4H3,(H,26,32)(H,27,30). The van der Waals surface area contributed by atoms with Crippen LogP contribution in [0.5, 0.6) is 5.75 Å². The number of alkyl carbamates (subject to hydrolysis) is 1. The number of rotatable bonds is 7. The molecule has 8 heteroatoms. The SMILES string of the molecule is CC(NC(=O)OC(C)(C)C)C(=O)N(C1CC1)C(C(=O)NC1CCCCC1)c1ccccc1O. The van der Waals surface area contributed by atoms with Crippen molar-refractivity contribution in [1.29, 1.82) is 0 Å². The summed E-state index contributed by atoms with van der Waals surface area (Å²) >= 11 is 0. The molecule has 2 atom stereocenters. The number of ether oxygens (including phenoxy) is 1. The van der Waals surface area contributed by atoms with Crippen molar-refractivity contribution >= 4 is 17.9 Å². The highest BCUT2D eigenvalue weighted by Gasteiger charge is 2.44. The van der Waals surface area contributed by atoms with Gasteiger partial charge in [-0.3, -0.25) is 9.59 Å². The van der Waals surface area contributed by atoms with Gasteiger partial charge in [-0.2, -0.15) is 0 Å². The molecular weight excluding hydrogens is 422 g/mol. The minimum absolute atomic E-state index is 0.0347. The number of hydrogen-bond acceptors (Lipinski definition) is 5. The van der Waals surface area contributed by atoms with Crippen LogP contribution in [0.4, 0.5) is 4.79 Å². The first kappa shape index (κ1) is 24.9. The number of aromatic hydroxyl groups is 1. The Balaban J connectivity index is 1.85. The number of nitrogens with one attached hydrogen (secondary N) is 2. The Kier molecular flexibility index (Phi) is 7.87. The topological polar surface area (TPSA) is 108 Å². The highest BCUT2D eigenvalue weighted by molar-refractivity contribution is 5.92. The van der Waals surface area contributed by atoms with Crippen LogP contribution in [0.2, 0.25) is 0 Å². The van der Waals surface area contributed by atoms with Gasteiger partial charge < -0.3 is 25.4 Å². The molecule has 2 unspecified atom stereocenters. The van der Waals surface area contributed by atoms with Gasteiger partial charge >= 0.3 is 6.09 Å². The predicted octanol–water partition coefficient (Wildman–Crippen LogP) is 3.79. The zero-order valence-corrected chi connectivity index (χ0v) is 20.1. The van der Waals surface area contributed by atoms with Gasteiger partial charge in [-0.05, 0) is 59.4 Å². The molecule has 0 heterocycles.